The fourth-order valence-electron chi connectivity index (χ4n) is 4.67. The van der Waals surface area contributed by atoms with Gasteiger partial charge in [0.2, 0.25) is 5.91 Å². The molecule has 1 aromatic heterocycles. The van der Waals surface area contributed by atoms with Crippen molar-refractivity contribution in [2.24, 2.45) is 10.7 Å². The number of nitrogens with two attached hydrogens (primary N) is 1. The van der Waals surface area contributed by atoms with Gasteiger partial charge >= 0.3 is 5.97 Å². The van der Waals surface area contributed by atoms with Gasteiger partial charge in [-0.05, 0) is 28.8 Å². The van der Waals surface area contributed by atoms with Crippen LogP contribution in [0.25, 0.3) is 22.0 Å². The van der Waals surface area contributed by atoms with Crippen molar-refractivity contribution in [1.82, 2.24) is 4.57 Å². The van der Waals surface area contributed by atoms with Crippen LogP contribution in [0.5, 0.6) is 0 Å². The summed E-state index contributed by atoms with van der Waals surface area (Å²) in [6.45, 7) is 0.188. The Kier molecular flexibility index (Phi) is 5.30. The minimum absolute atomic E-state index is 0.164. The first-order valence-corrected chi connectivity index (χ1v) is 10.8. The highest BCUT2D eigenvalue weighted by Gasteiger charge is 2.32. The highest BCUT2D eigenvalue weighted by Crippen LogP contribution is 2.35. The molecular weight excluding hydrogens is 430 g/mol. The summed E-state index contributed by atoms with van der Waals surface area (Å²) in [6, 6.07) is 23.0. The van der Waals surface area contributed by atoms with Gasteiger partial charge in [-0.15, -0.1) is 0 Å². The Bertz CT molecular complexity index is 1500. The first-order chi connectivity index (χ1) is 16.5. The molecule has 0 bridgehead atoms. The number of amides is 1. The number of carboxylic acid groups (broad SMARTS) is 1. The van der Waals surface area contributed by atoms with E-state index in [0.29, 0.717) is 34.4 Å². The van der Waals surface area contributed by atoms with E-state index in [1.54, 1.807) is 12.1 Å². The molecule has 0 saturated heterocycles. The zero-order valence-electron chi connectivity index (χ0n) is 18.2. The largest absolute Gasteiger partial charge is 0.481 e. The molecule has 1 aliphatic rings. The number of benzene rings is 3. The third-order valence-corrected chi connectivity index (χ3v) is 6.07. The lowest BCUT2D eigenvalue weighted by atomic mass is 9.96. The topological polar surface area (TPSA) is 115 Å². The zero-order valence-corrected chi connectivity index (χ0v) is 18.2. The van der Waals surface area contributed by atoms with E-state index < -0.39 is 11.9 Å². The number of hydrogen-bond acceptors (Lipinski definition) is 4. The van der Waals surface area contributed by atoms with E-state index in [-0.39, 0.29) is 24.3 Å². The Morgan fingerprint density at radius 2 is 1.71 bits per heavy atom. The lowest BCUT2D eigenvalue weighted by Gasteiger charge is -2.18. The van der Waals surface area contributed by atoms with Crippen LogP contribution in [0.15, 0.2) is 77.8 Å². The van der Waals surface area contributed by atoms with E-state index >= 15 is 0 Å². The zero-order chi connectivity index (χ0) is 23.8. The Labute approximate surface area is 195 Å². The van der Waals surface area contributed by atoms with Gasteiger partial charge in [0.25, 0.3) is 0 Å². The number of aliphatic carboxylic acids is 1. The van der Waals surface area contributed by atoms with E-state index in [9.17, 15) is 19.5 Å². The third kappa shape index (κ3) is 3.57. The number of primary amides is 1. The van der Waals surface area contributed by atoms with Crippen LogP contribution in [0.1, 0.15) is 38.4 Å². The number of rotatable bonds is 6. The van der Waals surface area contributed by atoms with Gasteiger partial charge in [-0.25, -0.2) is 0 Å². The number of nitrogens with zero attached hydrogens (tertiary/aromatic N) is 2. The fourth-order valence-corrected chi connectivity index (χ4v) is 4.67. The maximum atomic E-state index is 13.0. The number of aliphatic imine (C=N–C) groups is 1. The second kappa shape index (κ2) is 8.44. The van der Waals surface area contributed by atoms with E-state index in [4.69, 9.17) is 5.73 Å². The minimum atomic E-state index is -1.05. The molecule has 4 aromatic rings. The summed E-state index contributed by atoms with van der Waals surface area (Å²) in [5.41, 5.74) is 10.6. The number of hydrogen-bond donors (Lipinski definition) is 2. The van der Waals surface area contributed by atoms with Crippen molar-refractivity contribution in [1.29, 1.82) is 0 Å². The Balaban J connectivity index is 1.79. The molecule has 0 fully saturated rings. The van der Waals surface area contributed by atoms with Gasteiger partial charge in [0.1, 0.15) is 6.54 Å². The van der Waals surface area contributed by atoms with Crippen molar-refractivity contribution >= 4 is 34.3 Å². The van der Waals surface area contributed by atoms with Crippen LogP contribution < -0.4 is 5.73 Å². The average Bonchev–Trinajstić information content (AvgIpc) is 3.17. The predicted molar refractivity (Wildman–Crippen MR) is 129 cm³/mol. The van der Waals surface area contributed by atoms with Crippen molar-refractivity contribution in [3.63, 3.8) is 0 Å². The maximum Gasteiger partial charge on any atom is 0.309 e. The highest BCUT2D eigenvalue weighted by atomic mass is 16.4. The molecule has 0 saturated carbocycles. The van der Waals surface area contributed by atoms with Gasteiger partial charge in [0.05, 0.1) is 28.9 Å². The molecule has 5 rings (SSSR count). The standard InChI is InChI=1S/C27H21N3O4/c28-27(34)19-11-6-12-21-24(19)25-22(31)14-29-20(13-23(32)33)26(25)30(21)15-17-9-4-5-10-18(17)16-7-2-1-3-8-16/h1-12H,13-15H2,(H2,28,34)(H,32,33). The van der Waals surface area contributed by atoms with Crippen LogP contribution in [0.2, 0.25) is 0 Å². The number of carboxylic acids is 1. The summed E-state index contributed by atoms with van der Waals surface area (Å²) in [6.07, 6.45) is -0.331. The highest BCUT2D eigenvalue weighted by molar-refractivity contribution is 6.26. The molecule has 2 heterocycles. The van der Waals surface area contributed by atoms with Gasteiger partial charge in [0, 0.05) is 17.5 Å². The predicted octanol–water partition coefficient (Wildman–Crippen LogP) is 3.92. The molecule has 7 heteroatoms. The van der Waals surface area contributed by atoms with E-state index in [1.807, 2.05) is 65.2 Å². The summed E-state index contributed by atoms with van der Waals surface area (Å²) < 4.78 is 1.89. The number of carbonyl (C=O) groups is 3. The lowest BCUT2D eigenvalue weighted by Crippen LogP contribution is -2.24. The van der Waals surface area contributed by atoms with Gasteiger partial charge in [-0.1, -0.05) is 60.7 Å². The molecule has 0 spiro atoms. The summed E-state index contributed by atoms with van der Waals surface area (Å²) in [5, 5.41) is 9.95. The number of ketones is 1. The summed E-state index contributed by atoms with van der Waals surface area (Å²) in [7, 11) is 0. The average molecular weight is 451 g/mol. The molecular formula is C27H21N3O4. The molecule has 1 amide bonds. The molecule has 7 nitrogen and oxygen atoms in total. The Morgan fingerprint density at radius 1 is 0.971 bits per heavy atom. The Hall–Kier alpha value is -4.52. The molecule has 1 aliphatic heterocycles. The lowest BCUT2D eigenvalue weighted by molar-refractivity contribution is -0.135. The second-order valence-corrected chi connectivity index (χ2v) is 8.15. The third-order valence-electron chi connectivity index (χ3n) is 6.07. The molecule has 0 radical (unpaired) electrons. The number of Topliss-reactive ketones (excluding diaryl/α,β-unsaturated/α-hetero) is 1. The van der Waals surface area contributed by atoms with Crippen LogP contribution in [0, 0.1) is 0 Å². The molecule has 3 aromatic carbocycles. The normalized spacial score (nSPS) is 12.9. The van der Waals surface area contributed by atoms with Gasteiger partial charge < -0.3 is 15.4 Å². The first kappa shape index (κ1) is 21.3. The number of fused-ring (bicyclic) bond motifs is 3. The summed E-state index contributed by atoms with van der Waals surface area (Å²) in [4.78, 5) is 41.2. The molecule has 0 atom stereocenters. The Morgan fingerprint density at radius 3 is 2.44 bits per heavy atom. The molecule has 0 unspecified atom stereocenters. The molecule has 168 valence electrons. The number of aromatic nitrogens is 1. The SMILES string of the molecule is NC(=O)c1cccc2c1c1c(n2Cc2ccccc2-c2ccccc2)C(CC(=O)O)=NCC1=O. The van der Waals surface area contributed by atoms with Crippen molar-refractivity contribution < 1.29 is 19.5 Å². The van der Waals surface area contributed by atoms with Gasteiger partial charge in [-0.2, -0.15) is 0 Å². The minimum Gasteiger partial charge on any atom is -0.481 e. The molecule has 0 aliphatic carbocycles. The summed E-state index contributed by atoms with van der Waals surface area (Å²) >= 11 is 0. The smallest absolute Gasteiger partial charge is 0.309 e. The van der Waals surface area contributed by atoms with Crippen LogP contribution in [-0.4, -0.2) is 39.6 Å². The first-order valence-electron chi connectivity index (χ1n) is 10.8. The summed E-state index contributed by atoms with van der Waals surface area (Å²) in [5.74, 6) is -1.96. The van der Waals surface area contributed by atoms with Crippen molar-refractivity contribution in [2.45, 2.75) is 13.0 Å². The van der Waals surface area contributed by atoms with Crippen molar-refractivity contribution in [3.05, 3.63) is 95.2 Å². The monoisotopic (exact) mass is 451 g/mol. The van der Waals surface area contributed by atoms with Crippen LogP contribution >= 0.6 is 0 Å². The van der Waals surface area contributed by atoms with Crippen LogP contribution in [0.4, 0.5) is 0 Å². The maximum absolute atomic E-state index is 13.0. The van der Waals surface area contributed by atoms with Gasteiger partial charge in [-0.3, -0.25) is 19.4 Å². The quantitative estimate of drug-likeness (QED) is 0.462. The van der Waals surface area contributed by atoms with Crippen molar-refractivity contribution in [3.8, 4) is 11.1 Å². The van der Waals surface area contributed by atoms with E-state index in [0.717, 1.165) is 16.7 Å². The molecule has 3 N–H and O–H groups in total. The number of carbonyl (C=O) groups excluding carboxylic acids is 2. The molecule has 34 heavy (non-hydrogen) atoms. The van der Waals surface area contributed by atoms with E-state index in [2.05, 4.69) is 4.99 Å². The van der Waals surface area contributed by atoms with Crippen LogP contribution in [-0.2, 0) is 11.3 Å². The second-order valence-electron chi connectivity index (χ2n) is 8.15. The van der Waals surface area contributed by atoms with Crippen molar-refractivity contribution in [2.75, 3.05) is 6.54 Å². The van der Waals surface area contributed by atoms with E-state index in [1.165, 1.54) is 0 Å². The van der Waals surface area contributed by atoms with Crippen LogP contribution in [0.3, 0.4) is 0 Å². The fraction of sp³-hybridized carbons (Fsp3) is 0.111. The van der Waals surface area contributed by atoms with Gasteiger partial charge in [0.15, 0.2) is 5.78 Å².